The molecule has 2 aromatic rings. The van der Waals surface area contributed by atoms with Gasteiger partial charge in [-0.05, 0) is 17.7 Å². The third-order valence-corrected chi connectivity index (χ3v) is 3.89. The van der Waals surface area contributed by atoms with Crippen LogP contribution in [-0.2, 0) is 17.7 Å². The molecule has 1 aliphatic rings. The maximum atomic E-state index is 13.3. The van der Waals surface area contributed by atoms with Gasteiger partial charge in [-0.1, -0.05) is 17.3 Å². The van der Waals surface area contributed by atoms with Gasteiger partial charge in [-0.15, -0.1) is 5.10 Å². The number of rotatable bonds is 5. The van der Waals surface area contributed by atoms with Crippen LogP contribution in [0.1, 0.15) is 16.1 Å². The minimum atomic E-state index is -0.271. The lowest BCUT2D eigenvalue weighted by atomic mass is 10.1. The van der Waals surface area contributed by atoms with Gasteiger partial charge in [-0.3, -0.25) is 9.48 Å². The van der Waals surface area contributed by atoms with Crippen molar-refractivity contribution in [3.63, 3.8) is 0 Å². The molecular weight excluding hydrogens is 313 g/mol. The minimum absolute atomic E-state index is 0.163. The lowest BCUT2D eigenvalue weighted by Crippen LogP contribution is -2.46. The summed E-state index contributed by atoms with van der Waals surface area (Å²) in [7, 11) is 0. The van der Waals surface area contributed by atoms with Gasteiger partial charge in [0.05, 0.1) is 25.5 Å². The van der Waals surface area contributed by atoms with Crippen molar-refractivity contribution in [2.75, 3.05) is 26.2 Å². The number of halogens is 1. The van der Waals surface area contributed by atoms with Crippen molar-refractivity contribution < 1.29 is 13.9 Å². The number of nitrogens with zero attached hydrogens (tertiary/aromatic N) is 4. The molecule has 1 fully saturated rings. The molecule has 0 radical (unpaired) electrons. The Morgan fingerprint density at radius 3 is 3.12 bits per heavy atom. The Morgan fingerprint density at radius 1 is 1.46 bits per heavy atom. The van der Waals surface area contributed by atoms with Gasteiger partial charge >= 0.3 is 0 Å². The summed E-state index contributed by atoms with van der Waals surface area (Å²) in [5.41, 5.74) is 6.61. The van der Waals surface area contributed by atoms with Crippen LogP contribution in [0.15, 0.2) is 30.5 Å². The summed E-state index contributed by atoms with van der Waals surface area (Å²) in [6, 6.07) is 6.42. The maximum absolute atomic E-state index is 13.3. The molecule has 1 aliphatic heterocycles. The number of carbonyl (C=O) groups excluding carboxylic acids is 1. The van der Waals surface area contributed by atoms with Crippen LogP contribution >= 0.6 is 0 Å². The van der Waals surface area contributed by atoms with Crippen LogP contribution in [0, 0.1) is 5.82 Å². The van der Waals surface area contributed by atoms with Gasteiger partial charge in [0, 0.05) is 26.1 Å². The third kappa shape index (κ3) is 3.95. The Hall–Kier alpha value is -2.32. The molecule has 0 bridgehead atoms. The summed E-state index contributed by atoms with van der Waals surface area (Å²) in [5, 5.41) is 7.79. The van der Waals surface area contributed by atoms with E-state index in [1.807, 2.05) is 6.07 Å². The first-order valence-electron chi connectivity index (χ1n) is 7.91. The van der Waals surface area contributed by atoms with Crippen LogP contribution in [0.25, 0.3) is 0 Å². The quantitative estimate of drug-likeness (QED) is 0.859. The summed E-state index contributed by atoms with van der Waals surface area (Å²) >= 11 is 0. The fourth-order valence-electron chi connectivity index (χ4n) is 2.75. The molecule has 1 aromatic carbocycles. The molecule has 0 aliphatic carbocycles. The van der Waals surface area contributed by atoms with Crippen molar-refractivity contribution >= 4 is 5.91 Å². The van der Waals surface area contributed by atoms with E-state index in [1.165, 1.54) is 12.1 Å². The average molecular weight is 333 g/mol. The molecule has 128 valence electrons. The van der Waals surface area contributed by atoms with Crippen molar-refractivity contribution in [3.05, 3.63) is 47.5 Å². The molecule has 3 rings (SSSR count). The SMILES string of the molecule is NCCn1cc(C(=O)N2CCO[C@H](Cc3cccc(F)c3)C2)nn1. The van der Waals surface area contributed by atoms with Crippen molar-refractivity contribution in [3.8, 4) is 0 Å². The molecule has 2 heterocycles. The van der Waals surface area contributed by atoms with E-state index < -0.39 is 0 Å². The Balaban J connectivity index is 1.63. The Morgan fingerprint density at radius 2 is 2.33 bits per heavy atom. The molecule has 8 heteroatoms. The molecule has 0 spiro atoms. The van der Waals surface area contributed by atoms with Crippen LogP contribution in [-0.4, -0.2) is 58.1 Å². The monoisotopic (exact) mass is 333 g/mol. The molecule has 1 saturated heterocycles. The molecule has 7 nitrogen and oxygen atoms in total. The van der Waals surface area contributed by atoms with Gasteiger partial charge in [0.25, 0.3) is 5.91 Å². The second kappa shape index (κ2) is 7.50. The first-order chi connectivity index (χ1) is 11.7. The van der Waals surface area contributed by atoms with Crippen molar-refractivity contribution in [2.45, 2.75) is 19.1 Å². The van der Waals surface area contributed by atoms with E-state index in [-0.39, 0.29) is 17.8 Å². The van der Waals surface area contributed by atoms with Gasteiger partial charge in [0.15, 0.2) is 5.69 Å². The zero-order chi connectivity index (χ0) is 16.9. The predicted octanol–water partition coefficient (Wildman–Crippen LogP) is 0.460. The average Bonchev–Trinajstić information content (AvgIpc) is 3.03. The summed E-state index contributed by atoms with van der Waals surface area (Å²) in [4.78, 5) is 14.2. The maximum Gasteiger partial charge on any atom is 0.276 e. The van der Waals surface area contributed by atoms with Crippen LogP contribution in [0.2, 0.25) is 0 Å². The molecule has 24 heavy (non-hydrogen) atoms. The van der Waals surface area contributed by atoms with Crippen LogP contribution in [0.4, 0.5) is 4.39 Å². The van der Waals surface area contributed by atoms with E-state index in [0.717, 1.165) is 5.56 Å². The first kappa shape index (κ1) is 16.5. The first-order valence-corrected chi connectivity index (χ1v) is 7.91. The lowest BCUT2D eigenvalue weighted by Gasteiger charge is -2.32. The van der Waals surface area contributed by atoms with E-state index in [4.69, 9.17) is 10.5 Å². The molecule has 1 amide bonds. The van der Waals surface area contributed by atoms with Crippen LogP contribution < -0.4 is 5.73 Å². The van der Waals surface area contributed by atoms with Gasteiger partial charge in [0.1, 0.15) is 5.82 Å². The Bertz CT molecular complexity index is 705. The number of carbonyl (C=O) groups is 1. The highest BCUT2D eigenvalue weighted by Gasteiger charge is 2.26. The largest absolute Gasteiger partial charge is 0.374 e. The number of morpholine rings is 1. The standard InChI is InChI=1S/C16H20FN5O2/c17-13-3-1-2-12(8-13)9-14-10-21(6-7-24-14)16(23)15-11-22(5-4-18)20-19-15/h1-3,8,11,14H,4-7,9-10,18H2/t14-/m1/s1. The molecule has 1 atom stereocenters. The van der Waals surface area contributed by atoms with Crippen molar-refractivity contribution in [1.82, 2.24) is 19.9 Å². The molecule has 0 saturated carbocycles. The highest BCUT2D eigenvalue weighted by Crippen LogP contribution is 2.14. The number of amides is 1. The van der Waals surface area contributed by atoms with Gasteiger partial charge in [-0.25, -0.2) is 4.39 Å². The third-order valence-electron chi connectivity index (χ3n) is 3.89. The van der Waals surface area contributed by atoms with Crippen molar-refractivity contribution in [2.24, 2.45) is 5.73 Å². The van der Waals surface area contributed by atoms with Crippen molar-refractivity contribution in [1.29, 1.82) is 0 Å². The number of benzene rings is 1. The summed E-state index contributed by atoms with van der Waals surface area (Å²) in [5.74, 6) is -0.446. The van der Waals surface area contributed by atoms with E-state index >= 15 is 0 Å². The highest BCUT2D eigenvalue weighted by molar-refractivity contribution is 5.92. The predicted molar refractivity (Wildman–Crippen MR) is 84.8 cm³/mol. The normalized spacial score (nSPS) is 17.9. The zero-order valence-electron chi connectivity index (χ0n) is 13.3. The number of hydrogen-bond donors (Lipinski definition) is 1. The highest BCUT2D eigenvalue weighted by atomic mass is 19.1. The Labute approximate surface area is 139 Å². The van der Waals surface area contributed by atoms with Crippen LogP contribution in [0.3, 0.4) is 0 Å². The van der Waals surface area contributed by atoms with E-state index in [0.29, 0.717) is 44.9 Å². The number of ether oxygens (including phenoxy) is 1. The molecule has 2 N–H and O–H groups in total. The second-order valence-corrected chi connectivity index (χ2v) is 5.73. The summed E-state index contributed by atoms with van der Waals surface area (Å²) < 4.78 is 20.5. The second-order valence-electron chi connectivity index (χ2n) is 5.73. The minimum Gasteiger partial charge on any atom is -0.374 e. The number of aromatic nitrogens is 3. The molecular formula is C16H20FN5O2. The van der Waals surface area contributed by atoms with E-state index in [1.54, 1.807) is 21.8 Å². The smallest absolute Gasteiger partial charge is 0.276 e. The fourth-order valence-corrected chi connectivity index (χ4v) is 2.75. The zero-order valence-corrected chi connectivity index (χ0v) is 13.3. The topological polar surface area (TPSA) is 86.3 Å². The summed E-state index contributed by atoms with van der Waals surface area (Å²) in [6.45, 7) is 2.35. The molecule has 1 aromatic heterocycles. The number of nitrogens with two attached hydrogens (primary N) is 1. The molecule has 0 unspecified atom stereocenters. The van der Waals surface area contributed by atoms with E-state index in [2.05, 4.69) is 10.3 Å². The van der Waals surface area contributed by atoms with Gasteiger partial charge in [-0.2, -0.15) is 0 Å². The lowest BCUT2D eigenvalue weighted by molar-refractivity contribution is -0.0210. The van der Waals surface area contributed by atoms with Gasteiger partial charge < -0.3 is 15.4 Å². The van der Waals surface area contributed by atoms with Crippen LogP contribution in [0.5, 0.6) is 0 Å². The van der Waals surface area contributed by atoms with E-state index in [9.17, 15) is 9.18 Å². The van der Waals surface area contributed by atoms with Gasteiger partial charge in [0.2, 0.25) is 0 Å². The number of hydrogen-bond acceptors (Lipinski definition) is 5. The fraction of sp³-hybridized carbons (Fsp3) is 0.438. The Kier molecular flexibility index (Phi) is 5.17. The summed E-state index contributed by atoms with van der Waals surface area (Å²) in [6.07, 6.45) is 2.00.